The molecule has 3 aliphatic rings. The standard InChI is InChI=1S/C16H25N5O4S/c1-26(23,24)20-6-4-12(5-7-20)15-18-17-14-3-2-13(21(14)15)16(22)19-8-10-25-11-9-19/h12-13H,2-11H2,1H3. The minimum atomic E-state index is -3.15. The van der Waals surface area contributed by atoms with Crippen molar-refractivity contribution in [2.24, 2.45) is 0 Å². The van der Waals surface area contributed by atoms with E-state index in [1.165, 1.54) is 10.6 Å². The van der Waals surface area contributed by atoms with Crippen LogP contribution in [0, 0.1) is 0 Å². The molecule has 0 aromatic carbocycles. The maximum Gasteiger partial charge on any atom is 0.245 e. The number of aromatic nitrogens is 3. The number of piperidine rings is 1. The minimum absolute atomic E-state index is 0.127. The lowest BCUT2D eigenvalue weighted by molar-refractivity contribution is -0.138. The lowest BCUT2D eigenvalue weighted by Crippen LogP contribution is -2.44. The molecule has 0 saturated carbocycles. The smallest absolute Gasteiger partial charge is 0.245 e. The summed E-state index contributed by atoms with van der Waals surface area (Å²) in [5.41, 5.74) is 0. The molecule has 26 heavy (non-hydrogen) atoms. The normalized spacial score (nSPS) is 25.4. The summed E-state index contributed by atoms with van der Waals surface area (Å²) in [6, 6.07) is -0.235. The fraction of sp³-hybridized carbons (Fsp3) is 0.812. The molecule has 2 saturated heterocycles. The van der Waals surface area contributed by atoms with E-state index in [0.717, 1.165) is 24.5 Å². The number of morpholine rings is 1. The zero-order valence-corrected chi connectivity index (χ0v) is 15.8. The molecule has 0 radical (unpaired) electrons. The number of carbonyl (C=O) groups is 1. The van der Waals surface area contributed by atoms with E-state index in [2.05, 4.69) is 10.2 Å². The van der Waals surface area contributed by atoms with Crippen molar-refractivity contribution >= 4 is 15.9 Å². The van der Waals surface area contributed by atoms with Crippen LogP contribution in [0.5, 0.6) is 0 Å². The summed E-state index contributed by atoms with van der Waals surface area (Å²) in [7, 11) is -3.15. The van der Waals surface area contributed by atoms with E-state index in [9.17, 15) is 13.2 Å². The molecule has 4 rings (SSSR count). The molecule has 1 amide bonds. The van der Waals surface area contributed by atoms with Crippen LogP contribution >= 0.6 is 0 Å². The van der Waals surface area contributed by atoms with Crippen LogP contribution in [-0.4, -0.2) is 83.9 Å². The van der Waals surface area contributed by atoms with E-state index in [0.29, 0.717) is 52.2 Å². The molecule has 1 atom stereocenters. The van der Waals surface area contributed by atoms with Gasteiger partial charge in [0.05, 0.1) is 19.5 Å². The molecule has 0 aliphatic carbocycles. The summed E-state index contributed by atoms with van der Waals surface area (Å²) >= 11 is 0. The van der Waals surface area contributed by atoms with Gasteiger partial charge in [-0.2, -0.15) is 0 Å². The number of hydrogen-bond donors (Lipinski definition) is 0. The van der Waals surface area contributed by atoms with Crippen LogP contribution < -0.4 is 0 Å². The molecular weight excluding hydrogens is 358 g/mol. The second-order valence-corrected chi connectivity index (χ2v) is 9.26. The average Bonchev–Trinajstić information content (AvgIpc) is 3.23. The third kappa shape index (κ3) is 3.25. The Bertz CT molecular complexity index is 779. The number of carbonyl (C=O) groups excluding carboxylic acids is 1. The topological polar surface area (TPSA) is 97.6 Å². The Labute approximate surface area is 153 Å². The number of amides is 1. The number of aryl methyl sites for hydroxylation is 1. The molecule has 0 spiro atoms. The van der Waals surface area contributed by atoms with Crippen molar-refractivity contribution in [3.05, 3.63) is 11.6 Å². The first kappa shape index (κ1) is 17.9. The van der Waals surface area contributed by atoms with Crippen LogP contribution in [0.15, 0.2) is 0 Å². The van der Waals surface area contributed by atoms with E-state index >= 15 is 0 Å². The van der Waals surface area contributed by atoms with E-state index in [4.69, 9.17) is 4.74 Å². The first-order valence-corrected chi connectivity index (χ1v) is 11.1. The van der Waals surface area contributed by atoms with Gasteiger partial charge < -0.3 is 14.2 Å². The lowest BCUT2D eigenvalue weighted by atomic mass is 9.97. The Morgan fingerprint density at radius 3 is 2.42 bits per heavy atom. The van der Waals surface area contributed by atoms with E-state index < -0.39 is 10.0 Å². The molecule has 144 valence electrons. The van der Waals surface area contributed by atoms with E-state index in [1.807, 2.05) is 9.47 Å². The molecule has 1 unspecified atom stereocenters. The van der Waals surface area contributed by atoms with Gasteiger partial charge in [-0.25, -0.2) is 12.7 Å². The second kappa shape index (κ2) is 6.90. The van der Waals surface area contributed by atoms with Crippen LogP contribution in [0.25, 0.3) is 0 Å². The quantitative estimate of drug-likeness (QED) is 0.715. The average molecular weight is 383 g/mol. The van der Waals surface area contributed by atoms with Gasteiger partial charge in [0.15, 0.2) is 0 Å². The molecule has 0 N–H and O–H groups in total. The number of ether oxygens (including phenoxy) is 1. The summed E-state index contributed by atoms with van der Waals surface area (Å²) in [6.07, 6.45) is 4.19. The molecule has 2 fully saturated rings. The molecule has 0 bridgehead atoms. The summed E-state index contributed by atoms with van der Waals surface area (Å²) in [6.45, 7) is 3.43. The Kier molecular flexibility index (Phi) is 4.74. The molecule has 10 heteroatoms. The van der Waals surface area contributed by atoms with Gasteiger partial charge in [0.2, 0.25) is 15.9 Å². The van der Waals surface area contributed by atoms with Crippen LogP contribution in [0.1, 0.15) is 42.9 Å². The Morgan fingerprint density at radius 2 is 1.77 bits per heavy atom. The van der Waals surface area contributed by atoms with Gasteiger partial charge in [-0.1, -0.05) is 0 Å². The fourth-order valence-electron chi connectivity index (χ4n) is 4.19. The first-order valence-electron chi connectivity index (χ1n) is 9.20. The maximum absolute atomic E-state index is 13.0. The Hall–Kier alpha value is -1.52. The summed E-state index contributed by atoms with van der Waals surface area (Å²) < 4.78 is 32.3. The second-order valence-electron chi connectivity index (χ2n) is 7.27. The van der Waals surface area contributed by atoms with Gasteiger partial charge in [0, 0.05) is 38.5 Å². The summed E-state index contributed by atoms with van der Waals surface area (Å²) in [5.74, 6) is 1.99. The number of sulfonamides is 1. The van der Waals surface area contributed by atoms with Crippen LogP contribution in [0.3, 0.4) is 0 Å². The fourth-order valence-corrected chi connectivity index (χ4v) is 5.07. The number of hydrogen-bond acceptors (Lipinski definition) is 6. The zero-order valence-electron chi connectivity index (χ0n) is 15.0. The van der Waals surface area contributed by atoms with Crippen molar-refractivity contribution in [2.45, 2.75) is 37.6 Å². The van der Waals surface area contributed by atoms with Gasteiger partial charge in [-0.3, -0.25) is 4.79 Å². The molecule has 4 heterocycles. The maximum atomic E-state index is 13.0. The van der Waals surface area contributed by atoms with Crippen LogP contribution in [-0.2, 0) is 26.0 Å². The van der Waals surface area contributed by atoms with Crippen molar-refractivity contribution in [3.63, 3.8) is 0 Å². The number of fused-ring (bicyclic) bond motifs is 1. The highest BCUT2D eigenvalue weighted by molar-refractivity contribution is 7.88. The van der Waals surface area contributed by atoms with Gasteiger partial charge in [-0.15, -0.1) is 10.2 Å². The highest BCUT2D eigenvalue weighted by atomic mass is 32.2. The Morgan fingerprint density at radius 1 is 1.08 bits per heavy atom. The van der Waals surface area contributed by atoms with Crippen molar-refractivity contribution in [2.75, 3.05) is 45.6 Å². The third-order valence-electron chi connectivity index (χ3n) is 5.64. The zero-order chi connectivity index (χ0) is 18.3. The Balaban J connectivity index is 1.51. The third-order valence-corrected chi connectivity index (χ3v) is 6.94. The summed E-state index contributed by atoms with van der Waals surface area (Å²) in [5, 5.41) is 8.68. The SMILES string of the molecule is CS(=O)(=O)N1CCC(c2nnc3n2C(C(=O)N2CCOCC2)CC3)CC1. The molecule has 3 aliphatic heterocycles. The van der Waals surface area contributed by atoms with Gasteiger partial charge in [-0.05, 0) is 19.3 Å². The van der Waals surface area contributed by atoms with Crippen LogP contribution in [0.2, 0.25) is 0 Å². The van der Waals surface area contributed by atoms with Crippen molar-refractivity contribution in [1.82, 2.24) is 24.0 Å². The molecule has 1 aromatic rings. The number of rotatable bonds is 3. The van der Waals surface area contributed by atoms with Gasteiger partial charge in [0.25, 0.3) is 0 Å². The predicted molar refractivity (Wildman–Crippen MR) is 93.2 cm³/mol. The monoisotopic (exact) mass is 383 g/mol. The first-order chi connectivity index (χ1) is 12.4. The number of nitrogens with zero attached hydrogens (tertiary/aromatic N) is 5. The van der Waals surface area contributed by atoms with Crippen LogP contribution in [0.4, 0.5) is 0 Å². The lowest BCUT2D eigenvalue weighted by Gasteiger charge is -2.32. The van der Waals surface area contributed by atoms with Crippen molar-refractivity contribution < 1.29 is 17.9 Å². The van der Waals surface area contributed by atoms with Gasteiger partial charge >= 0.3 is 0 Å². The van der Waals surface area contributed by atoms with Crippen molar-refractivity contribution in [1.29, 1.82) is 0 Å². The summed E-state index contributed by atoms with van der Waals surface area (Å²) in [4.78, 5) is 14.9. The highest BCUT2D eigenvalue weighted by Gasteiger charge is 2.38. The molecule has 9 nitrogen and oxygen atoms in total. The largest absolute Gasteiger partial charge is 0.378 e. The van der Waals surface area contributed by atoms with E-state index in [1.54, 1.807) is 0 Å². The van der Waals surface area contributed by atoms with Crippen molar-refractivity contribution in [3.8, 4) is 0 Å². The molecule has 1 aromatic heterocycles. The van der Waals surface area contributed by atoms with Gasteiger partial charge in [0.1, 0.15) is 17.7 Å². The minimum Gasteiger partial charge on any atom is -0.378 e. The highest BCUT2D eigenvalue weighted by Crippen LogP contribution is 2.35. The van der Waals surface area contributed by atoms with E-state index in [-0.39, 0.29) is 17.9 Å². The predicted octanol–water partition coefficient (Wildman–Crippen LogP) is -0.237. The molecular formula is C16H25N5O4S.